The summed E-state index contributed by atoms with van der Waals surface area (Å²) in [5.41, 5.74) is 0. The summed E-state index contributed by atoms with van der Waals surface area (Å²) < 4.78 is 17.3. The molecule has 0 aromatic rings. The Morgan fingerprint density at radius 1 is 0.353 bits per heavy atom. The third-order valence-electron chi connectivity index (χ3n) is 11.5. The maximum atomic E-state index is 12.8. The quantitative estimate of drug-likeness (QED) is 0.0345. The van der Waals surface area contributed by atoms with E-state index in [1.54, 1.807) is 0 Å². The predicted octanol–water partition coefficient (Wildman–Crippen LogP) is 19.3. The van der Waals surface area contributed by atoms with Gasteiger partial charge in [0.15, 0.2) is 6.10 Å². The molecule has 0 aromatic carbocycles. The second-order valence-corrected chi connectivity index (χ2v) is 18.1. The Hall–Kier alpha value is -3.70. The fourth-order valence-electron chi connectivity index (χ4n) is 7.39. The van der Waals surface area contributed by atoms with Crippen molar-refractivity contribution in [1.29, 1.82) is 0 Å². The van der Waals surface area contributed by atoms with Crippen molar-refractivity contribution < 1.29 is 23.8 Å². The molecular formula is C63H104O5. The van der Waals surface area contributed by atoms with Crippen LogP contribution < -0.4 is 0 Å². The highest BCUT2D eigenvalue weighted by molar-refractivity contribution is 5.71. The smallest absolute Gasteiger partial charge is 0.310 e. The Morgan fingerprint density at radius 3 is 1.15 bits per heavy atom. The first-order valence-electron chi connectivity index (χ1n) is 28.1. The monoisotopic (exact) mass is 941 g/mol. The van der Waals surface area contributed by atoms with Gasteiger partial charge in [-0.1, -0.05) is 239 Å². The number of hydrogen-bond donors (Lipinski definition) is 0. The minimum atomic E-state index is -0.607. The third-order valence-corrected chi connectivity index (χ3v) is 11.5. The predicted molar refractivity (Wildman–Crippen MR) is 297 cm³/mol. The van der Waals surface area contributed by atoms with Crippen molar-refractivity contribution >= 4 is 11.9 Å². The highest BCUT2D eigenvalue weighted by atomic mass is 16.6. The lowest BCUT2D eigenvalue weighted by atomic mass is 10.1. The number of esters is 2. The van der Waals surface area contributed by atoms with Gasteiger partial charge in [0.2, 0.25) is 0 Å². The van der Waals surface area contributed by atoms with Crippen LogP contribution in [-0.2, 0) is 23.8 Å². The lowest BCUT2D eigenvalue weighted by Gasteiger charge is -2.18. The summed E-state index contributed by atoms with van der Waals surface area (Å²) in [5, 5.41) is 0. The first-order chi connectivity index (χ1) is 33.6. The summed E-state index contributed by atoms with van der Waals surface area (Å²) in [6, 6.07) is 0. The van der Waals surface area contributed by atoms with Crippen molar-refractivity contribution in [3.63, 3.8) is 0 Å². The molecule has 1 unspecified atom stereocenters. The van der Waals surface area contributed by atoms with Crippen molar-refractivity contribution in [1.82, 2.24) is 0 Å². The van der Waals surface area contributed by atoms with Crippen LogP contribution in [0.4, 0.5) is 0 Å². The molecule has 68 heavy (non-hydrogen) atoms. The lowest BCUT2D eigenvalue weighted by Crippen LogP contribution is -2.29. The highest BCUT2D eigenvalue weighted by Crippen LogP contribution is 2.13. The van der Waals surface area contributed by atoms with Gasteiger partial charge in [-0.3, -0.25) is 9.59 Å². The van der Waals surface area contributed by atoms with Crippen molar-refractivity contribution in [3.8, 4) is 0 Å². The zero-order valence-electron chi connectivity index (χ0n) is 44.3. The van der Waals surface area contributed by atoms with E-state index in [-0.39, 0.29) is 31.6 Å². The molecule has 0 heterocycles. The van der Waals surface area contributed by atoms with Crippen LogP contribution in [0.1, 0.15) is 239 Å². The topological polar surface area (TPSA) is 61.8 Å². The van der Waals surface area contributed by atoms with Crippen molar-refractivity contribution in [2.45, 2.75) is 245 Å². The van der Waals surface area contributed by atoms with E-state index in [9.17, 15) is 9.59 Å². The zero-order valence-corrected chi connectivity index (χ0v) is 44.3. The first kappa shape index (κ1) is 64.3. The Morgan fingerprint density at radius 2 is 0.706 bits per heavy atom. The lowest BCUT2D eigenvalue weighted by molar-refractivity contribution is -0.162. The van der Waals surface area contributed by atoms with Gasteiger partial charge in [0.1, 0.15) is 6.61 Å². The molecule has 0 N–H and O–H groups in total. The molecule has 5 nitrogen and oxygen atoms in total. The number of unbranched alkanes of at least 4 members (excludes halogenated alkanes) is 20. The van der Waals surface area contributed by atoms with E-state index < -0.39 is 6.10 Å². The van der Waals surface area contributed by atoms with Crippen LogP contribution in [-0.4, -0.2) is 37.9 Å². The molecule has 0 aliphatic heterocycles. The van der Waals surface area contributed by atoms with Gasteiger partial charge in [0.25, 0.3) is 0 Å². The molecule has 0 amide bonds. The SMILES string of the molecule is CC/C=C\C/C=C\C/C=C\C/C=C\C/C=C\CC(=O)OC(COCCCCCCCCC/C=C\C/C=C\C/C=C\C/C=C\CC)COC(=O)CCCCCCCCC/C=C\CCCCCCCC. The minimum absolute atomic E-state index is 0.0323. The molecule has 0 rings (SSSR count). The maximum absolute atomic E-state index is 12.8. The van der Waals surface area contributed by atoms with Crippen LogP contribution in [0.5, 0.6) is 0 Å². The molecule has 5 heteroatoms. The Bertz CT molecular complexity index is 1390. The van der Waals surface area contributed by atoms with Gasteiger partial charge in [-0.25, -0.2) is 0 Å². The van der Waals surface area contributed by atoms with Crippen LogP contribution in [0, 0.1) is 0 Å². The summed E-state index contributed by atoms with van der Waals surface area (Å²) in [5.74, 6) is -0.558. The van der Waals surface area contributed by atoms with E-state index in [0.717, 1.165) is 96.3 Å². The second-order valence-electron chi connectivity index (χ2n) is 18.1. The van der Waals surface area contributed by atoms with E-state index in [1.807, 2.05) is 12.2 Å². The van der Waals surface area contributed by atoms with Crippen LogP contribution in [0.2, 0.25) is 0 Å². The Labute approximate surface area is 420 Å². The van der Waals surface area contributed by atoms with Crippen LogP contribution in [0.25, 0.3) is 0 Å². The summed E-state index contributed by atoms with van der Waals surface area (Å²) in [7, 11) is 0. The molecule has 0 aliphatic rings. The molecule has 1 atom stereocenters. The largest absolute Gasteiger partial charge is 0.462 e. The van der Waals surface area contributed by atoms with Gasteiger partial charge >= 0.3 is 11.9 Å². The van der Waals surface area contributed by atoms with Gasteiger partial charge in [0.05, 0.1) is 13.0 Å². The standard InChI is InChI=1S/C63H104O5/c1-4-7-10-13-16-19-22-25-28-30-31-32-34-37-40-43-46-49-52-55-58-66-59-61(68-63(65)57-54-51-48-45-42-39-35-27-24-21-18-15-12-9-6-3)60-67-62(64)56-53-50-47-44-41-38-36-33-29-26-23-20-17-14-11-8-5-2/h7,9-10,12,16,18-19,21,25-29,31-32,35,42,45,51,54,61H,4-6,8,11,13-15,17,20,22-24,30,33-34,36-41,43-44,46-50,52-53,55-60H2,1-3H3/b10-7-,12-9-,19-16-,21-18-,28-25-,29-26-,32-31-,35-27-,45-42-,54-51-. The first-order valence-corrected chi connectivity index (χ1v) is 28.1. The molecule has 0 spiro atoms. The molecule has 0 fully saturated rings. The van der Waals surface area contributed by atoms with Gasteiger partial charge in [-0.15, -0.1) is 0 Å². The molecule has 0 aliphatic carbocycles. The molecule has 0 saturated carbocycles. The van der Waals surface area contributed by atoms with Crippen LogP contribution in [0.3, 0.4) is 0 Å². The maximum Gasteiger partial charge on any atom is 0.310 e. The number of allylic oxidation sites excluding steroid dienone is 19. The zero-order chi connectivity index (χ0) is 49.2. The van der Waals surface area contributed by atoms with E-state index in [4.69, 9.17) is 14.2 Å². The summed E-state index contributed by atoms with van der Waals surface area (Å²) >= 11 is 0. The fourth-order valence-corrected chi connectivity index (χ4v) is 7.39. The minimum Gasteiger partial charge on any atom is -0.462 e. The molecular weight excluding hydrogens is 837 g/mol. The highest BCUT2D eigenvalue weighted by Gasteiger charge is 2.17. The van der Waals surface area contributed by atoms with Crippen molar-refractivity contribution in [2.75, 3.05) is 19.8 Å². The number of ether oxygens (including phenoxy) is 3. The normalized spacial score (nSPS) is 13.2. The molecule has 0 bridgehead atoms. The molecule has 0 saturated heterocycles. The number of hydrogen-bond acceptors (Lipinski definition) is 5. The van der Waals surface area contributed by atoms with E-state index >= 15 is 0 Å². The third kappa shape index (κ3) is 54.9. The average molecular weight is 942 g/mol. The van der Waals surface area contributed by atoms with Gasteiger partial charge in [-0.2, -0.15) is 0 Å². The summed E-state index contributed by atoms with van der Waals surface area (Å²) in [6.45, 7) is 7.46. The summed E-state index contributed by atoms with van der Waals surface area (Å²) in [4.78, 5) is 25.4. The van der Waals surface area contributed by atoms with Crippen LogP contribution >= 0.6 is 0 Å². The average Bonchev–Trinajstić information content (AvgIpc) is 3.34. The Balaban J connectivity index is 4.41. The van der Waals surface area contributed by atoms with E-state index in [2.05, 4.69) is 130 Å². The Kier molecular flexibility index (Phi) is 54.5. The number of carbonyl (C=O) groups is 2. The van der Waals surface area contributed by atoms with Gasteiger partial charge in [0, 0.05) is 13.0 Å². The van der Waals surface area contributed by atoms with Gasteiger partial charge in [-0.05, 0) is 109 Å². The molecule has 0 radical (unpaired) electrons. The number of rotatable bonds is 50. The molecule has 0 aromatic heterocycles. The van der Waals surface area contributed by atoms with Crippen LogP contribution in [0.15, 0.2) is 122 Å². The van der Waals surface area contributed by atoms with Crippen molar-refractivity contribution in [2.24, 2.45) is 0 Å². The number of carbonyl (C=O) groups excluding carboxylic acids is 2. The van der Waals surface area contributed by atoms with E-state index in [0.29, 0.717) is 13.0 Å². The second kappa shape index (κ2) is 57.6. The van der Waals surface area contributed by atoms with Crippen molar-refractivity contribution in [3.05, 3.63) is 122 Å². The van der Waals surface area contributed by atoms with E-state index in [1.165, 1.54) is 109 Å². The molecule has 386 valence electrons. The van der Waals surface area contributed by atoms with Gasteiger partial charge < -0.3 is 14.2 Å². The fraction of sp³-hybridized carbons (Fsp3) is 0.651. The summed E-state index contributed by atoms with van der Waals surface area (Å²) in [6.07, 6.45) is 81.0.